The second kappa shape index (κ2) is 9.04. The Balaban J connectivity index is 1.52. The van der Waals surface area contributed by atoms with Crippen molar-refractivity contribution in [2.24, 2.45) is 0 Å². The SMILES string of the molecule is O=C(CNC(=O)OCc1ccccc1)NCC[C@@H]1CCCO1. The first kappa shape index (κ1) is 16.3. The van der Waals surface area contributed by atoms with Gasteiger partial charge >= 0.3 is 6.09 Å². The fraction of sp³-hybridized carbons (Fsp3) is 0.500. The van der Waals surface area contributed by atoms with E-state index < -0.39 is 6.09 Å². The summed E-state index contributed by atoms with van der Waals surface area (Å²) in [6, 6.07) is 9.37. The third-order valence-corrected chi connectivity index (χ3v) is 3.42. The molecule has 0 spiro atoms. The maximum atomic E-state index is 11.6. The number of alkyl carbamates (subject to hydrolysis) is 1. The van der Waals surface area contributed by atoms with Crippen molar-refractivity contribution in [2.45, 2.75) is 32.0 Å². The molecule has 1 saturated heterocycles. The number of nitrogens with one attached hydrogen (secondary N) is 2. The zero-order chi connectivity index (χ0) is 15.6. The summed E-state index contributed by atoms with van der Waals surface area (Å²) in [6.45, 7) is 1.48. The summed E-state index contributed by atoms with van der Waals surface area (Å²) in [5, 5.41) is 5.18. The third-order valence-electron chi connectivity index (χ3n) is 3.42. The number of carbonyl (C=O) groups is 2. The van der Waals surface area contributed by atoms with Crippen LogP contribution in [-0.4, -0.2) is 37.8 Å². The van der Waals surface area contributed by atoms with Crippen molar-refractivity contribution in [1.82, 2.24) is 10.6 Å². The molecule has 0 aromatic heterocycles. The lowest BCUT2D eigenvalue weighted by atomic mass is 10.2. The lowest BCUT2D eigenvalue weighted by Gasteiger charge is -2.10. The number of carbonyl (C=O) groups excluding carboxylic acids is 2. The Morgan fingerprint density at radius 2 is 2.05 bits per heavy atom. The van der Waals surface area contributed by atoms with E-state index in [-0.39, 0.29) is 25.2 Å². The van der Waals surface area contributed by atoms with Crippen LogP contribution in [-0.2, 0) is 20.9 Å². The molecule has 6 nitrogen and oxygen atoms in total. The molecule has 1 heterocycles. The highest BCUT2D eigenvalue weighted by molar-refractivity contribution is 5.82. The molecular formula is C16H22N2O4. The van der Waals surface area contributed by atoms with Gasteiger partial charge in [-0.25, -0.2) is 4.79 Å². The van der Waals surface area contributed by atoms with Gasteiger partial charge in [0.1, 0.15) is 6.61 Å². The fourth-order valence-corrected chi connectivity index (χ4v) is 2.23. The van der Waals surface area contributed by atoms with E-state index in [0.29, 0.717) is 6.54 Å². The van der Waals surface area contributed by atoms with Gasteiger partial charge in [-0.2, -0.15) is 0 Å². The van der Waals surface area contributed by atoms with Crippen LogP contribution in [0.3, 0.4) is 0 Å². The van der Waals surface area contributed by atoms with Gasteiger partial charge in [-0.1, -0.05) is 30.3 Å². The van der Waals surface area contributed by atoms with Crippen molar-refractivity contribution < 1.29 is 19.1 Å². The summed E-state index contributed by atoms with van der Waals surface area (Å²) >= 11 is 0. The van der Waals surface area contributed by atoms with E-state index in [1.807, 2.05) is 30.3 Å². The van der Waals surface area contributed by atoms with Crippen molar-refractivity contribution in [1.29, 1.82) is 0 Å². The van der Waals surface area contributed by atoms with E-state index >= 15 is 0 Å². The highest BCUT2D eigenvalue weighted by atomic mass is 16.5. The normalized spacial score (nSPS) is 17.0. The van der Waals surface area contributed by atoms with E-state index in [1.54, 1.807) is 0 Å². The zero-order valence-electron chi connectivity index (χ0n) is 12.5. The molecule has 0 saturated carbocycles. The van der Waals surface area contributed by atoms with E-state index in [1.165, 1.54) is 0 Å². The Labute approximate surface area is 130 Å². The molecule has 0 bridgehead atoms. The lowest BCUT2D eigenvalue weighted by molar-refractivity contribution is -0.120. The molecule has 2 amide bonds. The first-order valence-corrected chi connectivity index (χ1v) is 7.57. The van der Waals surface area contributed by atoms with Gasteiger partial charge in [-0.15, -0.1) is 0 Å². The number of hydrogen-bond acceptors (Lipinski definition) is 4. The second-order valence-electron chi connectivity index (χ2n) is 5.19. The average Bonchev–Trinajstić information content (AvgIpc) is 3.05. The Hall–Kier alpha value is -2.08. The third kappa shape index (κ3) is 6.13. The summed E-state index contributed by atoms with van der Waals surface area (Å²) in [7, 11) is 0. The molecule has 2 rings (SSSR count). The van der Waals surface area contributed by atoms with Crippen LogP contribution in [0.4, 0.5) is 4.79 Å². The molecule has 1 aromatic carbocycles. The van der Waals surface area contributed by atoms with Crippen LogP contribution in [0.15, 0.2) is 30.3 Å². The van der Waals surface area contributed by atoms with Crippen LogP contribution in [0, 0.1) is 0 Å². The van der Waals surface area contributed by atoms with Crippen LogP contribution >= 0.6 is 0 Å². The van der Waals surface area contributed by atoms with Crippen molar-refractivity contribution in [3.63, 3.8) is 0 Å². The molecule has 0 radical (unpaired) electrons. The van der Waals surface area contributed by atoms with Crippen LogP contribution in [0.5, 0.6) is 0 Å². The Morgan fingerprint density at radius 3 is 2.77 bits per heavy atom. The van der Waals surface area contributed by atoms with Crippen molar-refractivity contribution in [3.8, 4) is 0 Å². The van der Waals surface area contributed by atoms with Gasteiger partial charge < -0.3 is 20.1 Å². The first-order chi connectivity index (χ1) is 10.7. The van der Waals surface area contributed by atoms with Crippen LogP contribution in [0.2, 0.25) is 0 Å². The molecular weight excluding hydrogens is 284 g/mol. The molecule has 1 atom stereocenters. The maximum Gasteiger partial charge on any atom is 0.407 e. The van der Waals surface area contributed by atoms with Crippen LogP contribution < -0.4 is 10.6 Å². The van der Waals surface area contributed by atoms with E-state index in [2.05, 4.69) is 10.6 Å². The van der Waals surface area contributed by atoms with E-state index in [4.69, 9.17) is 9.47 Å². The quantitative estimate of drug-likeness (QED) is 0.802. The lowest BCUT2D eigenvalue weighted by Crippen LogP contribution is -2.38. The maximum absolute atomic E-state index is 11.6. The van der Waals surface area contributed by atoms with Gasteiger partial charge in [0.2, 0.25) is 5.91 Å². The topological polar surface area (TPSA) is 76.7 Å². The largest absolute Gasteiger partial charge is 0.445 e. The zero-order valence-corrected chi connectivity index (χ0v) is 12.5. The molecule has 22 heavy (non-hydrogen) atoms. The molecule has 0 unspecified atom stereocenters. The first-order valence-electron chi connectivity index (χ1n) is 7.57. The predicted octanol–water partition coefficient (Wildman–Crippen LogP) is 1.60. The van der Waals surface area contributed by atoms with Crippen molar-refractivity contribution in [3.05, 3.63) is 35.9 Å². The Kier molecular flexibility index (Phi) is 6.70. The molecule has 2 N–H and O–H groups in total. The highest BCUT2D eigenvalue weighted by Crippen LogP contribution is 2.14. The minimum absolute atomic E-state index is 0.0842. The molecule has 1 aromatic rings. The van der Waals surface area contributed by atoms with Gasteiger partial charge in [0, 0.05) is 13.2 Å². The smallest absolute Gasteiger partial charge is 0.407 e. The van der Waals surface area contributed by atoms with Gasteiger partial charge in [0.15, 0.2) is 0 Å². The minimum atomic E-state index is -0.599. The molecule has 1 aliphatic heterocycles. The number of ether oxygens (including phenoxy) is 2. The monoisotopic (exact) mass is 306 g/mol. The van der Waals surface area contributed by atoms with Crippen molar-refractivity contribution >= 4 is 12.0 Å². The highest BCUT2D eigenvalue weighted by Gasteiger charge is 2.15. The van der Waals surface area contributed by atoms with Gasteiger partial charge in [0.05, 0.1) is 12.6 Å². The molecule has 120 valence electrons. The Morgan fingerprint density at radius 1 is 1.23 bits per heavy atom. The Bertz CT molecular complexity index is 472. The minimum Gasteiger partial charge on any atom is -0.445 e. The summed E-state index contributed by atoms with van der Waals surface area (Å²) in [6.07, 6.45) is 2.61. The second-order valence-corrected chi connectivity index (χ2v) is 5.19. The molecule has 1 aliphatic rings. The van der Waals surface area contributed by atoms with Crippen LogP contribution in [0.1, 0.15) is 24.8 Å². The number of rotatable bonds is 7. The standard InChI is InChI=1S/C16H22N2O4/c19-15(17-9-8-14-7-4-10-21-14)11-18-16(20)22-12-13-5-2-1-3-6-13/h1-3,5-6,14H,4,7-12H2,(H,17,19)(H,18,20)/t14-/m0/s1. The molecule has 6 heteroatoms. The summed E-state index contributed by atoms with van der Waals surface area (Å²) in [4.78, 5) is 23.0. The number of amides is 2. The number of hydrogen-bond donors (Lipinski definition) is 2. The molecule has 0 aliphatic carbocycles. The fourth-order valence-electron chi connectivity index (χ4n) is 2.23. The average molecular weight is 306 g/mol. The van der Waals surface area contributed by atoms with E-state index in [9.17, 15) is 9.59 Å². The summed E-state index contributed by atoms with van der Waals surface area (Å²) < 4.78 is 10.5. The predicted molar refractivity (Wildman–Crippen MR) is 81.2 cm³/mol. The molecule has 1 fully saturated rings. The van der Waals surface area contributed by atoms with Gasteiger partial charge in [-0.05, 0) is 24.8 Å². The van der Waals surface area contributed by atoms with Gasteiger partial charge in [-0.3, -0.25) is 4.79 Å². The summed E-state index contributed by atoms with van der Waals surface area (Å²) in [5.74, 6) is -0.227. The van der Waals surface area contributed by atoms with Crippen molar-refractivity contribution in [2.75, 3.05) is 19.7 Å². The van der Waals surface area contributed by atoms with Crippen LogP contribution in [0.25, 0.3) is 0 Å². The number of benzene rings is 1. The summed E-state index contributed by atoms with van der Waals surface area (Å²) in [5.41, 5.74) is 0.902. The van der Waals surface area contributed by atoms with E-state index in [0.717, 1.165) is 31.4 Å². The van der Waals surface area contributed by atoms with Gasteiger partial charge in [0.25, 0.3) is 0 Å².